The zero-order valence-electron chi connectivity index (χ0n) is 16.2. The first-order valence-corrected chi connectivity index (χ1v) is 10.2. The lowest BCUT2D eigenvalue weighted by atomic mass is 10.2. The van der Waals surface area contributed by atoms with Crippen LogP contribution < -0.4 is 14.8 Å². The summed E-state index contributed by atoms with van der Waals surface area (Å²) in [7, 11) is 0. The molecule has 0 spiro atoms. The fourth-order valence-corrected chi connectivity index (χ4v) is 3.91. The molecule has 0 unspecified atom stereocenters. The Morgan fingerprint density at radius 1 is 1.21 bits per heavy atom. The van der Waals surface area contributed by atoms with E-state index in [1.54, 1.807) is 12.4 Å². The zero-order valence-corrected chi connectivity index (χ0v) is 17.0. The summed E-state index contributed by atoms with van der Waals surface area (Å²) in [5.41, 5.74) is 1.90. The summed E-state index contributed by atoms with van der Waals surface area (Å²) in [4.78, 5) is 16.6. The number of nitrogens with zero attached hydrogens (tertiary/aromatic N) is 4. The largest absolute Gasteiger partial charge is 0.454 e. The van der Waals surface area contributed by atoms with Crippen LogP contribution in [-0.4, -0.2) is 37.7 Å². The Morgan fingerprint density at radius 3 is 2.79 bits per heavy atom. The minimum absolute atomic E-state index is 0.0659. The molecule has 3 aromatic rings. The van der Waals surface area contributed by atoms with Crippen LogP contribution >= 0.6 is 11.8 Å². The minimum atomic E-state index is -0.316. The van der Waals surface area contributed by atoms with E-state index in [-0.39, 0.29) is 18.0 Å². The molecule has 3 heterocycles. The van der Waals surface area contributed by atoms with Crippen molar-refractivity contribution in [2.75, 3.05) is 6.79 Å². The summed E-state index contributed by atoms with van der Waals surface area (Å²) >= 11 is 1.39. The number of rotatable bonds is 7. The highest BCUT2D eigenvalue weighted by atomic mass is 32.2. The highest BCUT2D eigenvalue weighted by Gasteiger charge is 2.20. The molecule has 4 rings (SSSR count). The lowest BCUT2D eigenvalue weighted by molar-refractivity contribution is -0.120. The van der Waals surface area contributed by atoms with E-state index < -0.39 is 0 Å². The maximum absolute atomic E-state index is 12.6. The molecule has 1 amide bonds. The van der Waals surface area contributed by atoms with Crippen molar-refractivity contribution in [3.8, 4) is 22.9 Å². The number of carbonyl (C=O) groups excluding carboxylic acids is 1. The lowest BCUT2D eigenvalue weighted by Gasteiger charge is -2.13. The number of thioether (sulfide) groups is 1. The Labute approximate surface area is 172 Å². The molecule has 1 aromatic carbocycles. The predicted octanol–water partition coefficient (Wildman–Crippen LogP) is 2.89. The maximum Gasteiger partial charge on any atom is 0.233 e. The number of carbonyl (C=O) groups is 1. The molecule has 0 aliphatic carbocycles. The predicted molar refractivity (Wildman–Crippen MR) is 109 cm³/mol. The third-order valence-corrected chi connectivity index (χ3v) is 5.61. The lowest BCUT2D eigenvalue weighted by Crippen LogP contribution is -2.30. The van der Waals surface area contributed by atoms with Gasteiger partial charge in [0.2, 0.25) is 12.7 Å². The fourth-order valence-electron chi connectivity index (χ4n) is 2.97. The summed E-state index contributed by atoms with van der Waals surface area (Å²) in [6.07, 6.45) is 3.45. The van der Waals surface area contributed by atoms with Crippen molar-refractivity contribution in [3.05, 3.63) is 48.3 Å². The number of hydrogen-bond donors (Lipinski definition) is 1. The van der Waals surface area contributed by atoms with Crippen molar-refractivity contribution in [2.45, 2.75) is 37.3 Å². The van der Waals surface area contributed by atoms with Gasteiger partial charge in [-0.25, -0.2) is 0 Å². The average Bonchev–Trinajstić information content (AvgIpc) is 3.38. The number of ether oxygens (including phenoxy) is 2. The van der Waals surface area contributed by atoms with Gasteiger partial charge in [0.25, 0.3) is 0 Å². The summed E-state index contributed by atoms with van der Waals surface area (Å²) < 4.78 is 12.7. The van der Waals surface area contributed by atoms with Crippen molar-refractivity contribution < 1.29 is 14.3 Å². The van der Waals surface area contributed by atoms with Gasteiger partial charge in [-0.3, -0.25) is 9.78 Å². The van der Waals surface area contributed by atoms with E-state index >= 15 is 0 Å². The molecule has 0 saturated heterocycles. The topological polar surface area (TPSA) is 91.2 Å². The minimum Gasteiger partial charge on any atom is -0.454 e. The summed E-state index contributed by atoms with van der Waals surface area (Å²) in [6.45, 7) is 5.25. The fraction of sp³-hybridized carbons (Fsp3) is 0.300. The third kappa shape index (κ3) is 4.19. The Hall–Kier alpha value is -3.07. The SMILES string of the molecule is CCn1c(S[C@@H](C)C(=O)NCc2ccc3c(c2)OCO3)nnc1-c1ccncc1. The second-order valence-corrected chi connectivity index (χ2v) is 7.76. The molecule has 9 heteroatoms. The molecular weight excluding hydrogens is 390 g/mol. The first-order chi connectivity index (χ1) is 14.2. The van der Waals surface area contributed by atoms with Crippen molar-refractivity contribution in [1.29, 1.82) is 0 Å². The van der Waals surface area contributed by atoms with Crippen LogP contribution in [0.3, 0.4) is 0 Å². The molecule has 0 radical (unpaired) electrons. The van der Waals surface area contributed by atoms with Gasteiger partial charge in [-0.15, -0.1) is 10.2 Å². The Balaban J connectivity index is 1.39. The number of aromatic nitrogens is 4. The van der Waals surface area contributed by atoms with Gasteiger partial charge < -0.3 is 19.4 Å². The Morgan fingerprint density at radius 2 is 2.00 bits per heavy atom. The molecule has 1 N–H and O–H groups in total. The number of pyridine rings is 1. The van der Waals surface area contributed by atoms with E-state index in [9.17, 15) is 4.79 Å². The van der Waals surface area contributed by atoms with Crippen molar-refractivity contribution >= 4 is 17.7 Å². The van der Waals surface area contributed by atoms with Crippen LogP contribution in [0.2, 0.25) is 0 Å². The average molecular weight is 411 g/mol. The number of nitrogens with one attached hydrogen (secondary N) is 1. The highest BCUT2D eigenvalue weighted by molar-refractivity contribution is 8.00. The molecule has 1 aliphatic heterocycles. The molecule has 150 valence electrons. The van der Waals surface area contributed by atoms with E-state index in [0.717, 1.165) is 22.7 Å². The normalized spacial score (nSPS) is 13.3. The molecular formula is C20H21N5O3S. The van der Waals surface area contributed by atoms with Crippen LogP contribution in [0.1, 0.15) is 19.4 Å². The van der Waals surface area contributed by atoms with Crippen molar-refractivity contribution in [3.63, 3.8) is 0 Å². The summed E-state index contributed by atoms with van der Waals surface area (Å²) in [6, 6.07) is 9.44. The van der Waals surface area contributed by atoms with Gasteiger partial charge in [0.1, 0.15) is 0 Å². The smallest absolute Gasteiger partial charge is 0.233 e. The third-order valence-electron chi connectivity index (χ3n) is 4.53. The second kappa shape index (κ2) is 8.52. The zero-order chi connectivity index (χ0) is 20.2. The van der Waals surface area contributed by atoms with Gasteiger partial charge in [0.05, 0.1) is 5.25 Å². The van der Waals surface area contributed by atoms with Gasteiger partial charge in [0.15, 0.2) is 22.5 Å². The van der Waals surface area contributed by atoms with Gasteiger partial charge in [-0.2, -0.15) is 0 Å². The van der Waals surface area contributed by atoms with Gasteiger partial charge in [0, 0.05) is 31.0 Å². The van der Waals surface area contributed by atoms with E-state index in [0.29, 0.717) is 24.0 Å². The Kier molecular flexibility index (Phi) is 5.66. The van der Waals surface area contributed by atoms with Crippen molar-refractivity contribution in [1.82, 2.24) is 25.1 Å². The monoisotopic (exact) mass is 411 g/mol. The van der Waals surface area contributed by atoms with Crippen LogP contribution in [0.25, 0.3) is 11.4 Å². The molecule has 29 heavy (non-hydrogen) atoms. The van der Waals surface area contributed by atoms with E-state index in [1.165, 1.54) is 11.8 Å². The molecule has 1 aliphatic rings. The van der Waals surface area contributed by atoms with Crippen LogP contribution in [0.5, 0.6) is 11.5 Å². The molecule has 0 fully saturated rings. The number of fused-ring (bicyclic) bond motifs is 1. The summed E-state index contributed by atoms with van der Waals surface area (Å²) in [5.74, 6) is 2.14. The first kappa shape index (κ1) is 19.3. The molecule has 2 aromatic heterocycles. The molecule has 0 bridgehead atoms. The highest BCUT2D eigenvalue weighted by Crippen LogP contribution is 2.32. The standard InChI is InChI=1S/C20H21N5O3S/c1-3-25-18(15-6-8-21-9-7-15)23-24-20(25)29-13(2)19(26)22-11-14-4-5-16-17(10-14)28-12-27-16/h4-10,13H,3,11-12H2,1-2H3,(H,22,26)/t13-/m0/s1. The number of benzene rings is 1. The second-order valence-electron chi connectivity index (χ2n) is 6.45. The maximum atomic E-state index is 12.6. The van der Waals surface area contributed by atoms with E-state index in [4.69, 9.17) is 9.47 Å². The van der Waals surface area contributed by atoms with Crippen LogP contribution in [0, 0.1) is 0 Å². The molecule has 8 nitrogen and oxygen atoms in total. The van der Waals surface area contributed by atoms with Gasteiger partial charge in [-0.05, 0) is 43.7 Å². The van der Waals surface area contributed by atoms with Gasteiger partial charge >= 0.3 is 0 Å². The molecule has 1 atom stereocenters. The van der Waals surface area contributed by atoms with Crippen molar-refractivity contribution in [2.24, 2.45) is 0 Å². The van der Waals surface area contributed by atoms with Crippen LogP contribution in [0.15, 0.2) is 47.9 Å². The first-order valence-electron chi connectivity index (χ1n) is 9.32. The summed E-state index contributed by atoms with van der Waals surface area (Å²) in [5, 5.41) is 12.0. The van der Waals surface area contributed by atoms with Crippen LogP contribution in [0.4, 0.5) is 0 Å². The van der Waals surface area contributed by atoms with E-state index in [1.807, 2.05) is 48.7 Å². The quantitative estimate of drug-likeness (QED) is 0.598. The van der Waals surface area contributed by atoms with E-state index in [2.05, 4.69) is 20.5 Å². The number of hydrogen-bond acceptors (Lipinski definition) is 7. The molecule has 0 saturated carbocycles. The van der Waals surface area contributed by atoms with Gasteiger partial charge in [-0.1, -0.05) is 17.8 Å². The van der Waals surface area contributed by atoms with Crippen LogP contribution in [-0.2, 0) is 17.9 Å². The number of amides is 1. The Bertz CT molecular complexity index is 1010.